The second-order valence-electron chi connectivity index (χ2n) is 28.3. The van der Waals surface area contributed by atoms with E-state index in [-0.39, 0.29) is 79.1 Å². The summed E-state index contributed by atoms with van der Waals surface area (Å²) in [7, 11) is 2.62. The van der Waals surface area contributed by atoms with Crippen LogP contribution in [0.2, 0.25) is 0 Å². The van der Waals surface area contributed by atoms with Gasteiger partial charge in [0.25, 0.3) is 0 Å². The fourth-order valence-electron chi connectivity index (χ4n) is 22.3. The molecule has 9 aliphatic carbocycles. The number of aromatic hydroxyl groups is 1. The van der Waals surface area contributed by atoms with Crippen LogP contribution < -0.4 is 4.90 Å². The molecule has 79 heavy (non-hydrogen) atoms. The molecule has 14 nitrogen and oxygen atoms in total. The van der Waals surface area contributed by atoms with E-state index in [0.717, 1.165) is 12.0 Å². The summed E-state index contributed by atoms with van der Waals surface area (Å²) in [6.07, 6.45) is 18.3. The lowest BCUT2D eigenvalue weighted by Crippen LogP contribution is -2.75. The zero-order valence-corrected chi connectivity index (χ0v) is 48.0. The fourth-order valence-corrected chi connectivity index (χ4v) is 25.3. The van der Waals surface area contributed by atoms with Gasteiger partial charge in [0.2, 0.25) is 5.91 Å². The quantitative estimate of drug-likeness (QED) is 0.0807. The highest BCUT2D eigenvalue weighted by Gasteiger charge is 2.83. The minimum absolute atomic E-state index is 0.0167. The van der Waals surface area contributed by atoms with E-state index in [4.69, 9.17) is 4.74 Å². The number of epoxide rings is 1. The maximum absolute atomic E-state index is 16.5. The Morgan fingerprint density at radius 1 is 0.924 bits per heavy atom. The van der Waals surface area contributed by atoms with E-state index in [1.807, 2.05) is 16.8 Å². The van der Waals surface area contributed by atoms with Crippen molar-refractivity contribution in [2.75, 3.05) is 23.8 Å². The first-order valence-corrected chi connectivity index (χ1v) is 32.5. The second kappa shape index (κ2) is 18.0. The summed E-state index contributed by atoms with van der Waals surface area (Å²) in [6.45, 7) is 9.16. The van der Waals surface area contributed by atoms with Crippen molar-refractivity contribution in [1.29, 1.82) is 0 Å². The van der Waals surface area contributed by atoms with Crippen molar-refractivity contribution in [3.8, 4) is 5.75 Å². The Morgan fingerprint density at radius 3 is 2.52 bits per heavy atom. The van der Waals surface area contributed by atoms with Crippen LogP contribution in [0.25, 0.3) is 0 Å². The van der Waals surface area contributed by atoms with Crippen molar-refractivity contribution >= 4 is 39.0 Å². The van der Waals surface area contributed by atoms with Crippen molar-refractivity contribution in [3.63, 3.8) is 0 Å². The average molecular weight is 1120 g/mol. The molecule has 1 amide bonds. The smallest absolute Gasteiger partial charge is 0.235 e. The number of ether oxygens (including phenoxy) is 1. The number of nitrogens with zero attached hydrogens (tertiary/aromatic N) is 3. The summed E-state index contributed by atoms with van der Waals surface area (Å²) >= 11 is 0. The molecule has 6 heterocycles. The minimum atomic E-state index is -1.66. The number of rotatable bonds is 6. The number of phenolic OH excluding ortho intramolecular Hbond substituents is 1. The predicted octanol–water partition coefficient (Wildman–Crippen LogP) is 7.30. The zero-order valence-electron chi connectivity index (χ0n) is 46.3. The van der Waals surface area contributed by atoms with Crippen LogP contribution in [-0.4, -0.2) is 128 Å². The highest BCUT2D eigenvalue weighted by atomic mass is 33.1. The molecule has 428 valence electrons. The average Bonchev–Trinajstić information content (AvgIpc) is 2.58. The van der Waals surface area contributed by atoms with Gasteiger partial charge in [-0.15, -0.1) is 0 Å². The van der Waals surface area contributed by atoms with Gasteiger partial charge in [-0.3, -0.25) is 9.59 Å². The van der Waals surface area contributed by atoms with Crippen LogP contribution >= 0.6 is 21.6 Å². The summed E-state index contributed by atoms with van der Waals surface area (Å²) in [5, 5.41) is 104. The third-order valence-electron chi connectivity index (χ3n) is 25.9. The lowest BCUT2D eigenvalue weighted by atomic mass is 9.33. The molecule has 2 aromatic rings. The molecule has 1 aromatic carbocycles. The number of ketones is 1. The zero-order chi connectivity index (χ0) is 55.2. The number of phenols is 1. The normalized spacial score (nSPS) is 50.6. The highest BCUT2D eigenvalue weighted by Crippen LogP contribution is 2.81. The molecule has 2 saturated heterocycles. The van der Waals surface area contributed by atoms with Crippen LogP contribution in [0.4, 0.5) is 5.69 Å². The molecular weight excluding hydrogens is 1040 g/mol. The molecule has 8 fully saturated rings. The number of aliphatic hydroxyl groups excluding tert-OH is 5. The van der Waals surface area contributed by atoms with E-state index in [1.165, 1.54) is 21.6 Å². The van der Waals surface area contributed by atoms with Gasteiger partial charge in [-0.25, -0.2) is 4.98 Å². The van der Waals surface area contributed by atoms with Crippen LogP contribution in [0.15, 0.2) is 72.9 Å². The highest BCUT2D eigenvalue weighted by molar-refractivity contribution is 8.76. The number of imidazole rings is 1. The first-order chi connectivity index (χ1) is 37.7. The molecule has 22 atom stereocenters. The summed E-state index contributed by atoms with van der Waals surface area (Å²) < 4.78 is 8.66. The Balaban J connectivity index is 0.984. The lowest BCUT2D eigenvalue weighted by Gasteiger charge is -2.72. The first-order valence-electron chi connectivity index (χ1n) is 30.1. The van der Waals surface area contributed by atoms with Crippen LogP contribution in [-0.2, 0) is 27.3 Å². The van der Waals surface area contributed by atoms with E-state index in [2.05, 4.69) is 57.0 Å². The van der Waals surface area contributed by atoms with Gasteiger partial charge in [-0.2, -0.15) is 0 Å². The number of aromatic nitrogens is 2. The SMILES string of the molecule is CC(C)[C@@H](C)[C@@H]1O[C@H]1[C@@]1(O)CC=C[C@@H]2C[C@H]3C4=CC(=O)[C@@]5(C[C@@H](O)[C@@H](O)[C@@]6(CC[C@@H](Cn7ccnc7)C6)[C@]35C)[C@H](O)SSC[C@H]3CCC[C@]5(CO)C=C[C@@H]6CC[C@@H](O)[C@@]67CN(C(=O)[C@@]357)c3cc(O)cc(c3)CC[C@]23[C@@H]1CC[C@@]43O. The molecular formula is C63H83N3O11S2. The van der Waals surface area contributed by atoms with Crippen LogP contribution in [0.5, 0.6) is 5.75 Å². The summed E-state index contributed by atoms with van der Waals surface area (Å²) in [5.74, 6) is -1.64. The molecule has 14 aliphatic rings. The summed E-state index contributed by atoms with van der Waals surface area (Å²) in [5.41, 5.74) is -10.9. The predicted molar refractivity (Wildman–Crippen MR) is 300 cm³/mol. The maximum Gasteiger partial charge on any atom is 0.235 e. The number of anilines is 1. The van der Waals surface area contributed by atoms with Gasteiger partial charge in [0.05, 0.1) is 53.8 Å². The first kappa shape index (κ1) is 53.9. The van der Waals surface area contributed by atoms with Crippen molar-refractivity contribution < 1.29 is 55.2 Å². The monoisotopic (exact) mass is 1120 g/mol. The van der Waals surface area contributed by atoms with Gasteiger partial charge >= 0.3 is 0 Å². The number of hydrogen-bond donors (Lipinski definition) is 8. The largest absolute Gasteiger partial charge is 0.508 e. The van der Waals surface area contributed by atoms with Crippen molar-refractivity contribution in [3.05, 3.63) is 78.4 Å². The summed E-state index contributed by atoms with van der Waals surface area (Å²) in [6, 6.07) is 5.38. The van der Waals surface area contributed by atoms with Gasteiger partial charge in [0, 0.05) is 70.6 Å². The van der Waals surface area contributed by atoms with E-state index in [1.54, 1.807) is 35.6 Å². The number of benzene rings is 1. The number of allylic oxidation sites excluding steroid dienone is 3. The number of aliphatic hydroxyl groups is 7. The molecule has 8 N–H and O–H groups in total. The Labute approximate surface area is 472 Å². The summed E-state index contributed by atoms with van der Waals surface area (Å²) in [4.78, 5) is 39.0. The van der Waals surface area contributed by atoms with E-state index in [0.29, 0.717) is 107 Å². The number of carbonyl (C=O) groups is 2. The molecule has 5 spiro atoms. The Bertz CT molecular complexity index is 2920. The van der Waals surface area contributed by atoms with Crippen LogP contribution in [0, 0.1) is 85.2 Å². The standard InChI is InChI=1S/C63H83N3O11S2/c1-35(2)36(3)50-52(77-50)61(75)16-6-7-40-25-44-45-27-49(71)59(29-46(69)51(72)57(55(44,59)4)18-11-38(28-57)30-65-22-21-64-34-65)54(74)79-78-31-41-8-5-15-56(33-67)17-13-39-9-10-48(70)60(39)32-66(53(73)63(41,56)60)42-23-37(24-43(68)26-42)12-19-58(40)47(61)14-20-62(45,58)76/h6-7,13,17,21-24,26-27,34-36,38-41,44,46-48,50-52,54,67-70,72,74-76H,5,8-12,14-16,18-20,25,28-33H2,1-4H3/t36-,38-,39+,40-,41-,44+,46-,47+,48-,50+,51-,52-,54-,55+,56-,57+,58-,59+,60-,61-,62-,63+/m1/s1. The van der Waals surface area contributed by atoms with Gasteiger partial charge in [-0.1, -0.05) is 80.0 Å². The van der Waals surface area contributed by atoms with Gasteiger partial charge in [0.1, 0.15) is 22.9 Å². The van der Waals surface area contributed by atoms with Crippen LogP contribution in [0.3, 0.4) is 0 Å². The second-order valence-corrected chi connectivity index (χ2v) is 30.8. The molecule has 0 radical (unpaired) electrons. The van der Waals surface area contributed by atoms with Gasteiger partial charge in [0.15, 0.2) is 5.78 Å². The molecule has 16 rings (SSSR count). The molecule has 8 bridgehead atoms. The van der Waals surface area contributed by atoms with Gasteiger partial charge in [-0.05, 0) is 166 Å². The number of amides is 1. The third-order valence-corrected chi connectivity index (χ3v) is 28.5. The van der Waals surface area contributed by atoms with Gasteiger partial charge < -0.3 is 55.1 Å². The Kier molecular flexibility index (Phi) is 12.3. The van der Waals surface area contributed by atoms with Crippen molar-refractivity contribution in [2.24, 2.45) is 85.2 Å². The molecule has 16 heteroatoms. The van der Waals surface area contributed by atoms with E-state index in [9.17, 15) is 40.9 Å². The number of fused-ring (bicyclic) bond motifs is 1. The van der Waals surface area contributed by atoms with Crippen molar-refractivity contribution in [1.82, 2.24) is 9.55 Å². The van der Waals surface area contributed by atoms with Crippen LogP contribution in [0.1, 0.15) is 123 Å². The van der Waals surface area contributed by atoms with E-state index >= 15 is 9.59 Å². The third kappa shape index (κ3) is 6.49. The molecule has 6 saturated carbocycles. The Morgan fingerprint density at radius 2 is 1.75 bits per heavy atom. The minimum Gasteiger partial charge on any atom is -0.508 e. The lowest BCUT2D eigenvalue weighted by molar-refractivity contribution is -0.263. The number of carbonyl (C=O) groups excluding carboxylic acids is 2. The molecule has 1 aromatic heterocycles. The van der Waals surface area contributed by atoms with E-state index < -0.39 is 90.8 Å². The van der Waals surface area contributed by atoms with Crippen molar-refractivity contribution in [2.45, 2.75) is 178 Å². The molecule has 0 unspecified atom stereocenters. The maximum atomic E-state index is 16.5. The fraction of sp³-hybridized carbons (Fsp3) is 0.730. The number of hydrogen-bond acceptors (Lipinski definition) is 14. The topological polar surface area (TPSA) is 230 Å². The molecule has 5 aliphatic heterocycles. The number of aryl methyl sites for hydroxylation is 1. The Hall–Kier alpha value is -3.03.